The van der Waals surface area contributed by atoms with Crippen molar-refractivity contribution < 1.29 is 4.79 Å². The maximum Gasteiger partial charge on any atom is 0.255 e. The molecule has 3 heteroatoms. The highest BCUT2D eigenvalue weighted by molar-refractivity contribution is 6.04. The quantitative estimate of drug-likeness (QED) is 0.889. The fraction of sp³-hybridized carbons (Fsp3) is 0.316. The van der Waals surface area contributed by atoms with E-state index in [1.165, 1.54) is 5.56 Å². The SMILES string of the molecule is CC(N)c1ccccc1NC(=O)c1ccc(C(C)(C)C)cc1. The topological polar surface area (TPSA) is 55.1 Å². The molecule has 2 rings (SSSR count). The van der Waals surface area contributed by atoms with Gasteiger partial charge in [-0.05, 0) is 41.7 Å². The zero-order valence-electron chi connectivity index (χ0n) is 13.7. The van der Waals surface area contributed by atoms with Crippen LogP contribution in [0.5, 0.6) is 0 Å². The van der Waals surface area contributed by atoms with E-state index in [0.717, 1.165) is 11.3 Å². The number of nitrogens with one attached hydrogen (secondary N) is 1. The molecule has 0 aliphatic carbocycles. The van der Waals surface area contributed by atoms with E-state index in [1.54, 1.807) is 0 Å². The Morgan fingerprint density at radius 2 is 1.64 bits per heavy atom. The van der Waals surface area contributed by atoms with Gasteiger partial charge in [0.05, 0.1) is 0 Å². The van der Waals surface area contributed by atoms with Gasteiger partial charge in [0.1, 0.15) is 0 Å². The van der Waals surface area contributed by atoms with Crippen molar-refractivity contribution in [1.29, 1.82) is 0 Å². The van der Waals surface area contributed by atoms with Crippen molar-refractivity contribution >= 4 is 11.6 Å². The number of hydrogen-bond acceptors (Lipinski definition) is 2. The van der Waals surface area contributed by atoms with Crippen molar-refractivity contribution in [1.82, 2.24) is 0 Å². The minimum absolute atomic E-state index is 0.0799. The highest BCUT2D eigenvalue weighted by atomic mass is 16.1. The maximum absolute atomic E-state index is 12.4. The summed E-state index contributed by atoms with van der Waals surface area (Å²) in [5.41, 5.74) is 9.58. The first-order valence-electron chi connectivity index (χ1n) is 7.55. The van der Waals surface area contributed by atoms with Gasteiger partial charge in [-0.15, -0.1) is 0 Å². The van der Waals surface area contributed by atoms with Gasteiger partial charge < -0.3 is 11.1 Å². The van der Waals surface area contributed by atoms with Crippen LogP contribution in [-0.4, -0.2) is 5.91 Å². The molecule has 1 unspecified atom stereocenters. The predicted molar refractivity (Wildman–Crippen MR) is 92.1 cm³/mol. The van der Waals surface area contributed by atoms with Gasteiger partial charge in [-0.3, -0.25) is 4.79 Å². The molecule has 0 bridgehead atoms. The van der Waals surface area contributed by atoms with Gasteiger partial charge in [-0.2, -0.15) is 0 Å². The second kappa shape index (κ2) is 6.32. The molecule has 0 aromatic heterocycles. The van der Waals surface area contributed by atoms with Crippen LogP contribution in [0.25, 0.3) is 0 Å². The average molecular weight is 296 g/mol. The number of nitrogens with two attached hydrogens (primary N) is 1. The Morgan fingerprint density at radius 1 is 1.05 bits per heavy atom. The first-order valence-corrected chi connectivity index (χ1v) is 7.55. The van der Waals surface area contributed by atoms with E-state index >= 15 is 0 Å². The van der Waals surface area contributed by atoms with E-state index < -0.39 is 0 Å². The lowest BCUT2D eigenvalue weighted by Crippen LogP contribution is -2.16. The molecule has 0 saturated carbocycles. The minimum atomic E-state index is -0.125. The van der Waals surface area contributed by atoms with Crippen LogP contribution in [0.15, 0.2) is 48.5 Å². The van der Waals surface area contributed by atoms with Crippen LogP contribution in [0, 0.1) is 0 Å². The van der Waals surface area contributed by atoms with E-state index in [2.05, 4.69) is 26.1 Å². The van der Waals surface area contributed by atoms with E-state index in [4.69, 9.17) is 5.73 Å². The number of para-hydroxylation sites is 1. The summed E-state index contributed by atoms with van der Waals surface area (Å²) in [5.74, 6) is -0.117. The van der Waals surface area contributed by atoms with Crippen LogP contribution in [0.1, 0.15) is 55.2 Å². The first kappa shape index (κ1) is 16.2. The number of carbonyl (C=O) groups is 1. The maximum atomic E-state index is 12.4. The molecule has 1 amide bonds. The zero-order chi connectivity index (χ0) is 16.3. The fourth-order valence-corrected chi connectivity index (χ4v) is 2.32. The van der Waals surface area contributed by atoms with Crippen LogP contribution in [0.2, 0.25) is 0 Å². The number of anilines is 1. The Morgan fingerprint density at radius 3 is 2.18 bits per heavy atom. The molecule has 0 aliphatic rings. The summed E-state index contributed by atoms with van der Waals surface area (Å²) in [7, 11) is 0. The summed E-state index contributed by atoms with van der Waals surface area (Å²) >= 11 is 0. The molecule has 3 nitrogen and oxygen atoms in total. The molecule has 2 aromatic rings. The number of amides is 1. The smallest absolute Gasteiger partial charge is 0.255 e. The molecule has 2 aromatic carbocycles. The third-order valence-electron chi connectivity index (χ3n) is 3.71. The molecular formula is C19H24N2O. The number of rotatable bonds is 3. The minimum Gasteiger partial charge on any atom is -0.324 e. The molecule has 0 heterocycles. The Kier molecular flexibility index (Phi) is 4.67. The summed E-state index contributed by atoms with van der Waals surface area (Å²) in [4.78, 5) is 12.4. The van der Waals surface area contributed by atoms with Gasteiger partial charge in [0.25, 0.3) is 5.91 Å². The standard InChI is InChI=1S/C19H24N2O/c1-13(20)16-7-5-6-8-17(16)21-18(22)14-9-11-15(12-10-14)19(2,3)4/h5-13H,20H2,1-4H3,(H,21,22). The lowest BCUT2D eigenvalue weighted by Gasteiger charge is -2.19. The predicted octanol–water partition coefficient (Wildman–Crippen LogP) is 4.26. The van der Waals surface area contributed by atoms with Crippen LogP contribution >= 0.6 is 0 Å². The molecule has 0 aliphatic heterocycles. The fourth-order valence-electron chi connectivity index (χ4n) is 2.32. The highest BCUT2D eigenvalue weighted by Gasteiger charge is 2.15. The van der Waals surface area contributed by atoms with E-state index in [0.29, 0.717) is 5.56 Å². The van der Waals surface area contributed by atoms with Gasteiger partial charge in [0.2, 0.25) is 0 Å². The highest BCUT2D eigenvalue weighted by Crippen LogP contribution is 2.24. The second-order valence-electron chi connectivity index (χ2n) is 6.66. The molecule has 116 valence electrons. The van der Waals surface area contributed by atoms with Crippen molar-refractivity contribution in [3.8, 4) is 0 Å². The monoisotopic (exact) mass is 296 g/mol. The van der Waals surface area contributed by atoms with Crippen molar-refractivity contribution in [3.05, 3.63) is 65.2 Å². The van der Waals surface area contributed by atoms with Crippen LogP contribution in [0.4, 0.5) is 5.69 Å². The van der Waals surface area contributed by atoms with E-state index in [-0.39, 0.29) is 17.4 Å². The Labute approximate surface area is 132 Å². The van der Waals surface area contributed by atoms with Gasteiger partial charge in [-0.25, -0.2) is 0 Å². The molecular weight excluding hydrogens is 272 g/mol. The third-order valence-corrected chi connectivity index (χ3v) is 3.71. The normalized spacial score (nSPS) is 12.8. The Bertz CT molecular complexity index is 652. The van der Waals surface area contributed by atoms with E-state index in [1.807, 2.05) is 55.5 Å². The number of hydrogen-bond donors (Lipinski definition) is 2. The van der Waals surface area contributed by atoms with Gasteiger partial charge >= 0.3 is 0 Å². The second-order valence-corrected chi connectivity index (χ2v) is 6.66. The molecule has 3 N–H and O–H groups in total. The Hall–Kier alpha value is -2.13. The summed E-state index contributed by atoms with van der Waals surface area (Å²) in [5, 5.41) is 2.95. The lowest BCUT2D eigenvalue weighted by molar-refractivity contribution is 0.102. The average Bonchev–Trinajstić information content (AvgIpc) is 2.46. The zero-order valence-corrected chi connectivity index (χ0v) is 13.7. The lowest BCUT2D eigenvalue weighted by atomic mass is 9.86. The van der Waals surface area contributed by atoms with Gasteiger partial charge in [-0.1, -0.05) is 51.1 Å². The molecule has 22 heavy (non-hydrogen) atoms. The van der Waals surface area contributed by atoms with Crippen molar-refractivity contribution in [2.24, 2.45) is 5.73 Å². The van der Waals surface area contributed by atoms with Crippen molar-refractivity contribution in [3.63, 3.8) is 0 Å². The number of carbonyl (C=O) groups excluding carboxylic acids is 1. The largest absolute Gasteiger partial charge is 0.324 e. The molecule has 0 radical (unpaired) electrons. The van der Waals surface area contributed by atoms with Crippen LogP contribution in [0.3, 0.4) is 0 Å². The van der Waals surface area contributed by atoms with Gasteiger partial charge in [0, 0.05) is 17.3 Å². The molecule has 0 fully saturated rings. The number of benzene rings is 2. The van der Waals surface area contributed by atoms with Crippen LogP contribution < -0.4 is 11.1 Å². The molecule has 0 saturated heterocycles. The van der Waals surface area contributed by atoms with Crippen LogP contribution in [-0.2, 0) is 5.41 Å². The summed E-state index contributed by atoms with van der Waals surface area (Å²) in [6, 6.07) is 15.2. The third kappa shape index (κ3) is 3.74. The molecule has 0 spiro atoms. The van der Waals surface area contributed by atoms with E-state index in [9.17, 15) is 4.79 Å². The summed E-state index contributed by atoms with van der Waals surface area (Å²) < 4.78 is 0. The molecule has 1 atom stereocenters. The first-order chi connectivity index (χ1) is 10.3. The summed E-state index contributed by atoms with van der Waals surface area (Å²) in [6.45, 7) is 8.37. The summed E-state index contributed by atoms with van der Waals surface area (Å²) in [6.07, 6.45) is 0. The Balaban J connectivity index is 2.20. The van der Waals surface area contributed by atoms with Gasteiger partial charge in [0.15, 0.2) is 0 Å². The van der Waals surface area contributed by atoms with Crippen molar-refractivity contribution in [2.75, 3.05) is 5.32 Å². The van der Waals surface area contributed by atoms with Crippen molar-refractivity contribution in [2.45, 2.75) is 39.2 Å².